The molecule has 3 rings (SSSR count). The molecule has 2 aromatic carbocycles. The predicted molar refractivity (Wildman–Crippen MR) is 105 cm³/mol. The van der Waals surface area contributed by atoms with Gasteiger partial charge in [-0.15, -0.1) is 11.8 Å². The zero-order valence-electron chi connectivity index (χ0n) is 14.6. The third kappa shape index (κ3) is 4.74. The summed E-state index contributed by atoms with van der Waals surface area (Å²) in [4.78, 5) is 16.6. The first-order valence-electron chi connectivity index (χ1n) is 8.20. The van der Waals surface area contributed by atoms with Crippen molar-refractivity contribution in [1.82, 2.24) is 9.55 Å². The molecule has 0 bridgehead atoms. The highest BCUT2D eigenvalue weighted by Crippen LogP contribution is 2.26. The first-order chi connectivity index (χ1) is 13.1. The molecule has 0 unspecified atom stereocenters. The monoisotopic (exact) mass is 380 g/mol. The number of amides is 1. The number of imidazole rings is 1. The summed E-state index contributed by atoms with van der Waals surface area (Å²) in [6.45, 7) is 0. The van der Waals surface area contributed by atoms with Crippen LogP contribution in [0, 0.1) is 17.1 Å². The highest BCUT2D eigenvalue weighted by molar-refractivity contribution is 7.99. The number of halogens is 1. The summed E-state index contributed by atoms with van der Waals surface area (Å²) in [6.07, 6.45) is 1.61. The van der Waals surface area contributed by atoms with E-state index in [0.29, 0.717) is 22.8 Å². The van der Waals surface area contributed by atoms with Gasteiger partial charge in [0.1, 0.15) is 17.3 Å². The minimum atomic E-state index is -0.320. The average molecular weight is 380 g/mol. The van der Waals surface area contributed by atoms with Crippen molar-refractivity contribution in [3.8, 4) is 17.3 Å². The van der Waals surface area contributed by atoms with Crippen molar-refractivity contribution < 1.29 is 9.18 Å². The van der Waals surface area contributed by atoms with Crippen molar-refractivity contribution in [3.05, 3.63) is 71.8 Å². The minimum Gasteiger partial charge on any atom is -0.320 e. The number of anilines is 1. The van der Waals surface area contributed by atoms with Gasteiger partial charge < -0.3 is 9.88 Å². The van der Waals surface area contributed by atoms with E-state index in [9.17, 15) is 9.18 Å². The molecule has 27 heavy (non-hydrogen) atoms. The van der Waals surface area contributed by atoms with Crippen molar-refractivity contribution in [2.24, 2.45) is 7.05 Å². The first kappa shape index (κ1) is 18.7. The number of benzene rings is 2. The molecule has 0 saturated carbocycles. The lowest BCUT2D eigenvalue weighted by atomic mass is 10.1. The van der Waals surface area contributed by atoms with Gasteiger partial charge in [-0.05, 0) is 42.0 Å². The Morgan fingerprint density at radius 2 is 1.93 bits per heavy atom. The lowest BCUT2D eigenvalue weighted by molar-refractivity contribution is -0.113. The van der Waals surface area contributed by atoms with Crippen LogP contribution in [0.4, 0.5) is 10.2 Å². The van der Waals surface area contributed by atoms with Crippen molar-refractivity contribution in [2.75, 3.05) is 11.1 Å². The maximum Gasteiger partial charge on any atom is 0.235 e. The van der Waals surface area contributed by atoms with Gasteiger partial charge in [0.05, 0.1) is 23.7 Å². The largest absolute Gasteiger partial charge is 0.320 e. The lowest BCUT2D eigenvalue weighted by Gasteiger charge is -2.09. The Morgan fingerprint density at radius 1 is 1.22 bits per heavy atom. The van der Waals surface area contributed by atoms with Crippen LogP contribution in [0.5, 0.6) is 0 Å². The Kier molecular flexibility index (Phi) is 5.89. The van der Waals surface area contributed by atoms with Crippen molar-refractivity contribution in [1.29, 1.82) is 5.26 Å². The number of rotatable bonds is 6. The van der Waals surface area contributed by atoms with E-state index in [1.807, 2.05) is 12.1 Å². The van der Waals surface area contributed by atoms with Crippen LogP contribution in [0.3, 0.4) is 0 Å². The molecule has 7 heteroatoms. The summed E-state index contributed by atoms with van der Waals surface area (Å²) in [5.41, 5.74) is 3.01. The molecule has 0 radical (unpaired) electrons. The number of hydrogen-bond donors (Lipinski definition) is 1. The van der Waals surface area contributed by atoms with Crippen molar-refractivity contribution >= 4 is 23.5 Å². The maximum atomic E-state index is 13.1. The third-order valence-electron chi connectivity index (χ3n) is 3.90. The van der Waals surface area contributed by atoms with Crippen LogP contribution >= 0.6 is 11.8 Å². The topological polar surface area (TPSA) is 70.7 Å². The normalized spacial score (nSPS) is 10.4. The molecule has 5 nitrogen and oxygen atoms in total. The molecule has 3 aromatic rings. The van der Waals surface area contributed by atoms with Gasteiger partial charge in [-0.1, -0.05) is 12.1 Å². The van der Waals surface area contributed by atoms with Gasteiger partial charge in [0.15, 0.2) is 0 Å². The number of aryl methyl sites for hydroxylation is 1. The van der Waals surface area contributed by atoms with E-state index in [-0.39, 0.29) is 17.5 Å². The van der Waals surface area contributed by atoms with Crippen LogP contribution in [0.1, 0.15) is 11.1 Å². The molecule has 0 atom stereocenters. The second-order valence-corrected chi connectivity index (χ2v) is 6.89. The molecule has 1 heterocycles. The van der Waals surface area contributed by atoms with Crippen LogP contribution in [0.15, 0.2) is 54.9 Å². The molecule has 0 aliphatic carbocycles. The van der Waals surface area contributed by atoms with Crippen LogP contribution in [0.25, 0.3) is 11.3 Å². The van der Waals surface area contributed by atoms with Crippen LogP contribution in [0.2, 0.25) is 0 Å². The van der Waals surface area contributed by atoms with Gasteiger partial charge in [0.25, 0.3) is 0 Å². The number of carbonyl (C=O) groups is 1. The van der Waals surface area contributed by atoms with E-state index in [1.165, 1.54) is 23.9 Å². The molecular formula is C20H17FN4OS. The quantitative estimate of drug-likeness (QED) is 0.702. The standard InChI is InChI=1S/C20H17FN4OS/c1-25-13-23-19(16-6-8-17(21)9-7-16)20(25)24-18(26)12-27-11-15-4-2-14(10-22)3-5-15/h2-9,13H,11-12H2,1H3,(H,24,26). The number of nitriles is 1. The van der Waals surface area contributed by atoms with E-state index in [1.54, 1.807) is 42.2 Å². The average Bonchev–Trinajstić information content (AvgIpc) is 3.03. The summed E-state index contributed by atoms with van der Waals surface area (Å²) >= 11 is 1.49. The van der Waals surface area contributed by atoms with Crippen molar-refractivity contribution in [3.63, 3.8) is 0 Å². The SMILES string of the molecule is Cn1cnc(-c2ccc(F)cc2)c1NC(=O)CSCc1ccc(C#N)cc1. The molecule has 0 saturated heterocycles. The number of aromatic nitrogens is 2. The lowest BCUT2D eigenvalue weighted by Crippen LogP contribution is -2.16. The van der Waals surface area contributed by atoms with E-state index < -0.39 is 0 Å². The van der Waals surface area contributed by atoms with Crippen LogP contribution in [-0.2, 0) is 17.6 Å². The summed E-state index contributed by atoms with van der Waals surface area (Å²) in [5, 5.41) is 11.7. The van der Waals surface area contributed by atoms with Gasteiger partial charge in [-0.2, -0.15) is 5.26 Å². The van der Waals surface area contributed by atoms with Gasteiger partial charge in [0, 0.05) is 18.4 Å². The Balaban J connectivity index is 1.60. The Labute approximate surface area is 160 Å². The van der Waals surface area contributed by atoms with Gasteiger partial charge in [0.2, 0.25) is 5.91 Å². The predicted octanol–water partition coefficient (Wildman–Crippen LogP) is 3.97. The van der Waals surface area contributed by atoms with Crippen molar-refractivity contribution in [2.45, 2.75) is 5.75 Å². The molecule has 0 aliphatic heterocycles. The van der Waals surface area contributed by atoms with Gasteiger partial charge in [-0.25, -0.2) is 9.37 Å². The van der Waals surface area contributed by atoms with Gasteiger partial charge >= 0.3 is 0 Å². The summed E-state index contributed by atoms with van der Waals surface area (Å²) in [6, 6.07) is 15.4. The molecule has 1 N–H and O–H groups in total. The number of carbonyl (C=O) groups excluding carboxylic acids is 1. The molecule has 0 aliphatic rings. The Morgan fingerprint density at radius 3 is 2.59 bits per heavy atom. The fraction of sp³-hybridized carbons (Fsp3) is 0.150. The fourth-order valence-corrected chi connectivity index (χ4v) is 3.29. The fourth-order valence-electron chi connectivity index (χ4n) is 2.50. The minimum absolute atomic E-state index is 0.138. The zero-order chi connectivity index (χ0) is 19.2. The molecular weight excluding hydrogens is 363 g/mol. The highest BCUT2D eigenvalue weighted by atomic mass is 32.2. The molecule has 1 aromatic heterocycles. The van der Waals surface area contributed by atoms with Crippen LogP contribution < -0.4 is 5.32 Å². The smallest absolute Gasteiger partial charge is 0.235 e. The summed E-state index contributed by atoms with van der Waals surface area (Å²) in [5.74, 6) is 1.08. The van der Waals surface area contributed by atoms with Gasteiger partial charge in [-0.3, -0.25) is 4.79 Å². The first-order valence-corrected chi connectivity index (χ1v) is 9.36. The maximum absolute atomic E-state index is 13.1. The number of nitrogens with one attached hydrogen (secondary N) is 1. The molecule has 0 spiro atoms. The molecule has 136 valence electrons. The zero-order valence-corrected chi connectivity index (χ0v) is 15.5. The van der Waals surface area contributed by atoms with E-state index >= 15 is 0 Å². The van der Waals surface area contributed by atoms with E-state index in [4.69, 9.17) is 5.26 Å². The summed E-state index contributed by atoms with van der Waals surface area (Å²) in [7, 11) is 1.79. The Hall–Kier alpha value is -3.11. The van der Waals surface area contributed by atoms with Crippen LogP contribution in [-0.4, -0.2) is 21.2 Å². The molecule has 0 fully saturated rings. The highest BCUT2D eigenvalue weighted by Gasteiger charge is 2.14. The Bertz CT molecular complexity index is 975. The number of thioether (sulfide) groups is 1. The summed E-state index contributed by atoms with van der Waals surface area (Å²) < 4.78 is 14.9. The third-order valence-corrected chi connectivity index (χ3v) is 4.90. The van der Waals surface area contributed by atoms with E-state index in [2.05, 4.69) is 16.4 Å². The second kappa shape index (κ2) is 8.52. The number of hydrogen-bond acceptors (Lipinski definition) is 4. The second-order valence-electron chi connectivity index (χ2n) is 5.91. The van der Waals surface area contributed by atoms with E-state index in [0.717, 1.165) is 11.1 Å². The molecule has 1 amide bonds. The number of nitrogens with zero attached hydrogens (tertiary/aromatic N) is 3.